The van der Waals surface area contributed by atoms with Gasteiger partial charge < -0.3 is 14.3 Å². The van der Waals surface area contributed by atoms with Gasteiger partial charge >= 0.3 is 5.97 Å². The summed E-state index contributed by atoms with van der Waals surface area (Å²) in [6.07, 6.45) is -0.481. The lowest BCUT2D eigenvalue weighted by atomic mass is 10.1. The molecule has 1 aromatic heterocycles. The Balaban J connectivity index is 1.49. The standard InChI is InChI=1S/C23H20O4S/c1-15-6-2-5-9-22(15)28-13-12-21(23(24)25)26-16-10-11-20-18(14-16)17-7-3-4-8-19(17)27-20/h2-11,14,21H,12-13H2,1H3,(H,24,25). The van der Waals surface area contributed by atoms with E-state index in [4.69, 9.17) is 9.15 Å². The Hall–Kier alpha value is -2.92. The van der Waals surface area contributed by atoms with E-state index < -0.39 is 12.1 Å². The third-order valence-electron chi connectivity index (χ3n) is 4.63. The Morgan fingerprint density at radius 3 is 2.61 bits per heavy atom. The van der Waals surface area contributed by atoms with Crippen molar-refractivity contribution < 1.29 is 19.1 Å². The molecule has 0 radical (unpaired) electrons. The van der Waals surface area contributed by atoms with Gasteiger partial charge in [-0.05, 0) is 42.8 Å². The average molecular weight is 392 g/mol. The monoisotopic (exact) mass is 392 g/mol. The zero-order valence-corrected chi connectivity index (χ0v) is 16.2. The second kappa shape index (κ2) is 7.98. The highest BCUT2D eigenvalue weighted by molar-refractivity contribution is 7.99. The number of carboxylic acids is 1. The van der Waals surface area contributed by atoms with E-state index in [0.717, 1.165) is 26.8 Å². The molecule has 0 fully saturated rings. The minimum absolute atomic E-state index is 0.415. The smallest absolute Gasteiger partial charge is 0.344 e. The highest BCUT2D eigenvalue weighted by Crippen LogP contribution is 2.32. The number of thioether (sulfide) groups is 1. The van der Waals surface area contributed by atoms with Gasteiger partial charge in [0.1, 0.15) is 16.9 Å². The summed E-state index contributed by atoms with van der Waals surface area (Å²) in [4.78, 5) is 12.9. The van der Waals surface area contributed by atoms with Gasteiger partial charge in [0.05, 0.1) is 0 Å². The molecule has 1 N–H and O–H groups in total. The van der Waals surface area contributed by atoms with Gasteiger partial charge in [-0.2, -0.15) is 0 Å². The number of aryl methyl sites for hydroxylation is 1. The van der Waals surface area contributed by atoms with E-state index >= 15 is 0 Å². The van der Waals surface area contributed by atoms with Crippen LogP contribution in [0.1, 0.15) is 12.0 Å². The number of fused-ring (bicyclic) bond motifs is 3. The van der Waals surface area contributed by atoms with E-state index in [-0.39, 0.29) is 0 Å². The van der Waals surface area contributed by atoms with Crippen molar-refractivity contribution in [3.05, 3.63) is 72.3 Å². The Bertz CT molecular complexity index is 1130. The van der Waals surface area contributed by atoms with E-state index in [1.165, 1.54) is 5.56 Å². The minimum atomic E-state index is -0.956. The van der Waals surface area contributed by atoms with Crippen molar-refractivity contribution in [3.8, 4) is 5.75 Å². The lowest BCUT2D eigenvalue weighted by Crippen LogP contribution is -2.27. The van der Waals surface area contributed by atoms with Gasteiger partial charge in [-0.25, -0.2) is 4.79 Å². The SMILES string of the molecule is Cc1ccccc1SCCC(Oc1ccc2oc3ccccc3c2c1)C(=O)O. The summed E-state index contributed by atoms with van der Waals surface area (Å²) >= 11 is 1.65. The van der Waals surface area contributed by atoms with Gasteiger partial charge in [0.15, 0.2) is 6.10 Å². The maximum absolute atomic E-state index is 11.7. The average Bonchev–Trinajstić information content (AvgIpc) is 3.06. The molecule has 0 saturated heterocycles. The van der Waals surface area contributed by atoms with Crippen LogP contribution in [-0.2, 0) is 4.79 Å². The maximum atomic E-state index is 11.7. The third kappa shape index (κ3) is 3.85. The minimum Gasteiger partial charge on any atom is -0.479 e. The molecule has 1 heterocycles. The van der Waals surface area contributed by atoms with Crippen LogP contribution in [0.3, 0.4) is 0 Å². The molecule has 4 aromatic rings. The van der Waals surface area contributed by atoms with Crippen LogP contribution in [0.2, 0.25) is 0 Å². The molecule has 0 aliphatic carbocycles. The molecule has 0 amide bonds. The molecule has 4 nitrogen and oxygen atoms in total. The fourth-order valence-electron chi connectivity index (χ4n) is 3.17. The third-order valence-corrected chi connectivity index (χ3v) is 5.84. The zero-order valence-electron chi connectivity index (χ0n) is 15.4. The predicted molar refractivity (Wildman–Crippen MR) is 112 cm³/mol. The number of aliphatic carboxylic acids is 1. The topological polar surface area (TPSA) is 59.7 Å². The Kier molecular flexibility index (Phi) is 5.26. The van der Waals surface area contributed by atoms with Crippen LogP contribution in [0.15, 0.2) is 76.0 Å². The summed E-state index contributed by atoms with van der Waals surface area (Å²) in [5.74, 6) is 0.244. The molecule has 28 heavy (non-hydrogen) atoms. The first-order valence-electron chi connectivity index (χ1n) is 9.11. The molecule has 0 saturated carbocycles. The van der Waals surface area contributed by atoms with Crippen molar-refractivity contribution in [2.75, 3.05) is 5.75 Å². The molecule has 3 aromatic carbocycles. The number of carboxylic acid groups (broad SMARTS) is 1. The lowest BCUT2D eigenvalue weighted by Gasteiger charge is -2.15. The highest BCUT2D eigenvalue weighted by atomic mass is 32.2. The van der Waals surface area contributed by atoms with Gasteiger partial charge in [0.25, 0.3) is 0 Å². The van der Waals surface area contributed by atoms with Crippen LogP contribution in [-0.4, -0.2) is 22.9 Å². The van der Waals surface area contributed by atoms with Crippen molar-refractivity contribution in [2.24, 2.45) is 0 Å². The summed E-state index contributed by atoms with van der Waals surface area (Å²) in [5.41, 5.74) is 2.76. The molecular weight excluding hydrogens is 372 g/mol. The molecule has 0 aliphatic heterocycles. The van der Waals surface area contributed by atoms with Crippen LogP contribution in [0.4, 0.5) is 0 Å². The van der Waals surface area contributed by atoms with Gasteiger partial charge in [-0.15, -0.1) is 11.8 Å². The number of furan rings is 1. The van der Waals surface area contributed by atoms with Crippen LogP contribution >= 0.6 is 11.8 Å². The highest BCUT2D eigenvalue weighted by Gasteiger charge is 2.20. The fraction of sp³-hybridized carbons (Fsp3) is 0.174. The number of para-hydroxylation sites is 1. The predicted octanol–water partition coefficient (Wildman–Crippen LogP) is 5.91. The maximum Gasteiger partial charge on any atom is 0.344 e. The van der Waals surface area contributed by atoms with Crippen molar-refractivity contribution in [2.45, 2.75) is 24.3 Å². The molecule has 1 unspecified atom stereocenters. The fourth-order valence-corrected chi connectivity index (χ4v) is 4.19. The summed E-state index contributed by atoms with van der Waals surface area (Å²) in [7, 11) is 0. The van der Waals surface area contributed by atoms with E-state index in [9.17, 15) is 9.90 Å². The molecule has 0 bridgehead atoms. The van der Waals surface area contributed by atoms with E-state index in [0.29, 0.717) is 17.9 Å². The molecule has 0 spiro atoms. The molecule has 0 aliphatic rings. The lowest BCUT2D eigenvalue weighted by molar-refractivity contribution is -0.145. The quantitative estimate of drug-likeness (QED) is 0.396. The molecule has 142 valence electrons. The Morgan fingerprint density at radius 2 is 1.79 bits per heavy atom. The van der Waals surface area contributed by atoms with Crippen LogP contribution < -0.4 is 4.74 Å². The summed E-state index contributed by atoms with van der Waals surface area (Å²) < 4.78 is 11.6. The number of ether oxygens (including phenoxy) is 1. The largest absolute Gasteiger partial charge is 0.479 e. The van der Waals surface area contributed by atoms with Gasteiger partial charge in [0, 0.05) is 27.8 Å². The molecule has 5 heteroatoms. The normalized spacial score (nSPS) is 12.3. The number of hydrogen-bond acceptors (Lipinski definition) is 4. The first-order chi connectivity index (χ1) is 13.6. The molecule has 1 atom stereocenters. The van der Waals surface area contributed by atoms with Crippen molar-refractivity contribution in [1.82, 2.24) is 0 Å². The first kappa shape index (κ1) is 18.4. The second-order valence-electron chi connectivity index (χ2n) is 6.60. The van der Waals surface area contributed by atoms with E-state index in [1.54, 1.807) is 17.8 Å². The van der Waals surface area contributed by atoms with Crippen molar-refractivity contribution in [1.29, 1.82) is 0 Å². The summed E-state index contributed by atoms with van der Waals surface area (Å²) in [6, 6.07) is 21.3. The Labute approximate surface area is 167 Å². The number of hydrogen-bond donors (Lipinski definition) is 1. The first-order valence-corrected chi connectivity index (χ1v) is 10.1. The van der Waals surface area contributed by atoms with Gasteiger partial charge in [-0.1, -0.05) is 36.4 Å². The summed E-state index contributed by atoms with van der Waals surface area (Å²) in [5, 5.41) is 11.5. The molecule has 4 rings (SSSR count). The Morgan fingerprint density at radius 1 is 1.04 bits per heavy atom. The second-order valence-corrected chi connectivity index (χ2v) is 7.74. The van der Waals surface area contributed by atoms with Crippen LogP contribution in [0.25, 0.3) is 21.9 Å². The van der Waals surface area contributed by atoms with Crippen molar-refractivity contribution >= 4 is 39.7 Å². The number of carbonyl (C=O) groups is 1. The van der Waals surface area contributed by atoms with E-state index in [2.05, 4.69) is 19.1 Å². The zero-order chi connectivity index (χ0) is 19.5. The van der Waals surface area contributed by atoms with Crippen LogP contribution in [0, 0.1) is 6.92 Å². The van der Waals surface area contributed by atoms with Gasteiger partial charge in [-0.3, -0.25) is 0 Å². The number of rotatable bonds is 7. The van der Waals surface area contributed by atoms with Crippen molar-refractivity contribution in [3.63, 3.8) is 0 Å². The number of benzene rings is 3. The van der Waals surface area contributed by atoms with E-state index in [1.807, 2.05) is 48.5 Å². The molecular formula is C23H20O4S. The van der Waals surface area contributed by atoms with Gasteiger partial charge in [0.2, 0.25) is 0 Å². The summed E-state index contributed by atoms with van der Waals surface area (Å²) in [6.45, 7) is 2.05. The van der Waals surface area contributed by atoms with Crippen LogP contribution in [0.5, 0.6) is 5.75 Å².